The minimum atomic E-state index is 0. The number of hydrogen-bond donors (Lipinski definition) is 1. The first-order valence-corrected chi connectivity index (χ1v) is 2.79. The largest absolute Gasteiger partial charge is 1.00 e. The summed E-state index contributed by atoms with van der Waals surface area (Å²) in [5.74, 6) is 0.648. The molecule has 0 atom stereocenters. The molecule has 0 saturated carbocycles. The third-order valence-corrected chi connectivity index (χ3v) is 0.706. The fraction of sp³-hybridized carbons (Fsp3) is 1.00. The Morgan fingerprint density at radius 3 is 1.67 bits per heavy atom. The van der Waals surface area contributed by atoms with Crippen molar-refractivity contribution >= 4 is 0 Å². The van der Waals surface area contributed by atoms with Crippen molar-refractivity contribution in [3.8, 4) is 0 Å². The molecule has 0 amide bonds. The van der Waals surface area contributed by atoms with Crippen LogP contribution in [-0.2, 0) is 0 Å². The SMILES string of the molecule is CC(C)CCO.C[O-].[Na+]. The Kier molecular flexibility index (Phi) is 29.2. The fourth-order valence-corrected chi connectivity index (χ4v) is 0.258. The second-order valence-electron chi connectivity index (χ2n) is 1.91. The van der Waals surface area contributed by atoms with Crippen LogP contribution >= 0.6 is 0 Å². The molecule has 0 fully saturated rings. The fourth-order valence-electron chi connectivity index (χ4n) is 0.258. The molecule has 52 valence electrons. The molecule has 2 nitrogen and oxygen atoms in total. The van der Waals surface area contributed by atoms with Gasteiger partial charge in [0.1, 0.15) is 0 Å². The maximum absolute atomic E-state index is 8.25. The van der Waals surface area contributed by atoms with E-state index in [0.29, 0.717) is 12.5 Å². The van der Waals surface area contributed by atoms with Crippen molar-refractivity contribution in [1.82, 2.24) is 0 Å². The third-order valence-electron chi connectivity index (χ3n) is 0.706. The van der Waals surface area contributed by atoms with Crippen LogP contribution in [0.2, 0.25) is 0 Å². The van der Waals surface area contributed by atoms with Crippen molar-refractivity contribution in [2.75, 3.05) is 13.7 Å². The number of rotatable bonds is 2. The summed E-state index contributed by atoms with van der Waals surface area (Å²) in [7, 11) is 0.750. The quantitative estimate of drug-likeness (QED) is 0.418. The van der Waals surface area contributed by atoms with Crippen molar-refractivity contribution in [2.24, 2.45) is 5.92 Å². The van der Waals surface area contributed by atoms with E-state index in [4.69, 9.17) is 10.2 Å². The smallest absolute Gasteiger partial charge is 0.857 e. The van der Waals surface area contributed by atoms with Crippen LogP contribution in [0.25, 0.3) is 0 Å². The minimum absolute atomic E-state index is 0. The molecular formula is C6H15NaO2. The first-order valence-electron chi connectivity index (χ1n) is 2.79. The van der Waals surface area contributed by atoms with Crippen LogP contribution in [0.3, 0.4) is 0 Å². The summed E-state index contributed by atoms with van der Waals surface area (Å²) in [6, 6.07) is 0. The van der Waals surface area contributed by atoms with Gasteiger partial charge in [-0.25, -0.2) is 0 Å². The van der Waals surface area contributed by atoms with E-state index in [9.17, 15) is 0 Å². The van der Waals surface area contributed by atoms with Crippen molar-refractivity contribution < 1.29 is 39.8 Å². The predicted octanol–water partition coefficient (Wildman–Crippen LogP) is -2.99. The second kappa shape index (κ2) is 16.0. The molecule has 9 heavy (non-hydrogen) atoms. The van der Waals surface area contributed by atoms with Gasteiger partial charge in [0.05, 0.1) is 0 Å². The van der Waals surface area contributed by atoms with Gasteiger partial charge in [0.15, 0.2) is 0 Å². The molecule has 0 spiro atoms. The minimum Gasteiger partial charge on any atom is -0.857 e. The normalized spacial score (nSPS) is 7.33. The van der Waals surface area contributed by atoms with Gasteiger partial charge in [-0.1, -0.05) is 13.8 Å². The van der Waals surface area contributed by atoms with Gasteiger partial charge in [-0.2, -0.15) is 7.11 Å². The van der Waals surface area contributed by atoms with Gasteiger partial charge in [-0.15, -0.1) is 0 Å². The monoisotopic (exact) mass is 142 g/mol. The summed E-state index contributed by atoms with van der Waals surface area (Å²) in [5.41, 5.74) is 0. The number of hydrogen-bond acceptors (Lipinski definition) is 2. The molecule has 1 N–H and O–H groups in total. The van der Waals surface area contributed by atoms with Crippen molar-refractivity contribution in [3.63, 3.8) is 0 Å². The van der Waals surface area contributed by atoms with Gasteiger partial charge in [0.25, 0.3) is 0 Å². The van der Waals surface area contributed by atoms with Gasteiger partial charge in [-0.3, -0.25) is 0 Å². The van der Waals surface area contributed by atoms with E-state index in [1.54, 1.807) is 0 Å². The molecule has 0 aliphatic rings. The Morgan fingerprint density at radius 1 is 1.33 bits per heavy atom. The first-order chi connectivity index (χ1) is 3.77. The average Bonchev–Trinajstić information content (AvgIpc) is 1.72. The summed E-state index contributed by atoms with van der Waals surface area (Å²) in [4.78, 5) is 0. The third kappa shape index (κ3) is 27.8. The maximum atomic E-state index is 8.25. The Balaban J connectivity index is -0.000000109. The molecule has 0 saturated heterocycles. The van der Waals surface area contributed by atoms with E-state index in [1.165, 1.54) is 0 Å². The van der Waals surface area contributed by atoms with E-state index < -0.39 is 0 Å². The molecule has 3 heteroatoms. The van der Waals surface area contributed by atoms with Crippen molar-refractivity contribution in [1.29, 1.82) is 0 Å². The first kappa shape index (κ1) is 16.5. The van der Waals surface area contributed by atoms with E-state index in [1.807, 2.05) is 0 Å². The van der Waals surface area contributed by atoms with Crippen molar-refractivity contribution in [2.45, 2.75) is 20.3 Å². The Labute approximate surface area is 79.6 Å². The molecule has 0 bridgehead atoms. The molecule has 0 aromatic heterocycles. The van der Waals surface area contributed by atoms with E-state index in [-0.39, 0.29) is 29.6 Å². The zero-order valence-electron chi connectivity index (χ0n) is 6.85. The van der Waals surface area contributed by atoms with Gasteiger partial charge in [0.2, 0.25) is 0 Å². The summed E-state index contributed by atoms with van der Waals surface area (Å²) in [6.45, 7) is 4.52. The van der Waals surface area contributed by atoms with Crippen LogP contribution in [0, 0.1) is 5.92 Å². The number of aliphatic hydroxyl groups is 1. The Hall–Kier alpha value is 0.920. The van der Waals surface area contributed by atoms with Crippen LogP contribution in [0.5, 0.6) is 0 Å². The zero-order chi connectivity index (χ0) is 6.99. The standard InChI is InChI=1S/C5H12O.CH3O.Na/c1-5(2)3-4-6;1-2;/h5-6H,3-4H2,1-2H3;1H3;/q;-1;+1. The number of aliphatic hydroxyl groups excluding tert-OH is 1. The molecule has 0 aromatic rings. The second-order valence-corrected chi connectivity index (χ2v) is 1.91. The summed E-state index contributed by atoms with van der Waals surface area (Å²) >= 11 is 0. The molecule has 0 aliphatic carbocycles. The zero-order valence-corrected chi connectivity index (χ0v) is 8.85. The summed E-state index contributed by atoms with van der Waals surface area (Å²) in [5, 5.41) is 16.5. The summed E-state index contributed by atoms with van der Waals surface area (Å²) < 4.78 is 0. The van der Waals surface area contributed by atoms with Gasteiger partial charge < -0.3 is 10.2 Å². The van der Waals surface area contributed by atoms with Gasteiger partial charge in [-0.05, 0) is 12.3 Å². The van der Waals surface area contributed by atoms with Crippen LogP contribution in [0.15, 0.2) is 0 Å². The molecule has 0 unspecified atom stereocenters. The maximum Gasteiger partial charge on any atom is 1.00 e. The molecular weight excluding hydrogens is 127 g/mol. The van der Waals surface area contributed by atoms with E-state index in [2.05, 4.69) is 13.8 Å². The summed E-state index contributed by atoms with van der Waals surface area (Å²) in [6.07, 6.45) is 0.931. The molecule has 0 heterocycles. The van der Waals surface area contributed by atoms with Gasteiger partial charge >= 0.3 is 29.6 Å². The molecule has 0 aliphatic heterocycles. The topological polar surface area (TPSA) is 43.3 Å². The Morgan fingerprint density at radius 2 is 1.67 bits per heavy atom. The van der Waals surface area contributed by atoms with Crippen LogP contribution < -0.4 is 34.7 Å². The predicted molar refractivity (Wildman–Crippen MR) is 32.5 cm³/mol. The molecule has 0 radical (unpaired) electrons. The molecule has 0 rings (SSSR count). The van der Waals surface area contributed by atoms with Gasteiger partial charge in [0, 0.05) is 6.61 Å². The van der Waals surface area contributed by atoms with E-state index in [0.717, 1.165) is 13.5 Å². The van der Waals surface area contributed by atoms with Crippen LogP contribution in [-0.4, -0.2) is 18.8 Å². The van der Waals surface area contributed by atoms with Crippen LogP contribution in [0.1, 0.15) is 20.3 Å². The van der Waals surface area contributed by atoms with Crippen LogP contribution in [0.4, 0.5) is 0 Å². The average molecular weight is 142 g/mol. The molecule has 0 aromatic carbocycles. The van der Waals surface area contributed by atoms with Crippen molar-refractivity contribution in [3.05, 3.63) is 0 Å². The van der Waals surface area contributed by atoms with E-state index >= 15 is 0 Å². The Bertz CT molecular complexity index is 32.2.